The van der Waals surface area contributed by atoms with Crippen LogP contribution < -0.4 is 72.0 Å². The highest BCUT2D eigenvalue weighted by atomic mass is 16.4. The predicted molar refractivity (Wildman–Crippen MR) is 277 cm³/mol. The second kappa shape index (κ2) is 35.6. The first kappa shape index (κ1) is 64.5. The van der Waals surface area contributed by atoms with Crippen molar-refractivity contribution in [1.82, 2.24) is 46.8 Å². The van der Waals surface area contributed by atoms with Gasteiger partial charge in [-0.1, -0.05) is 12.5 Å². The molecule has 7 amide bonds. The summed E-state index contributed by atoms with van der Waals surface area (Å²) in [4.78, 5) is 133. The van der Waals surface area contributed by atoms with Crippen LogP contribution in [0.15, 0.2) is 30.2 Å². The van der Waals surface area contributed by atoms with Crippen LogP contribution in [0.4, 0.5) is 0 Å². The molecule has 28 heteroatoms. The molecule has 0 aromatic carbocycles. The number of aliphatic hydroxyl groups excluding tert-OH is 1. The lowest BCUT2D eigenvalue weighted by atomic mass is 9.93. The number of carboxylic acids is 1. The molecule has 23 N–H and O–H groups in total. The average molecular weight is 1060 g/mol. The number of H-pyrrole nitrogens is 1. The van der Waals surface area contributed by atoms with Gasteiger partial charge in [0.25, 0.3) is 0 Å². The van der Waals surface area contributed by atoms with Gasteiger partial charge in [0.05, 0.1) is 37.0 Å². The zero-order valence-corrected chi connectivity index (χ0v) is 42.9. The molecule has 1 unspecified atom stereocenters. The van der Waals surface area contributed by atoms with Crippen molar-refractivity contribution in [3.8, 4) is 0 Å². The average Bonchev–Trinajstić information content (AvgIpc) is 4.10. The van der Waals surface area contributed by atoms with Crippen LogP contribution in [0.25, 0.3) is 0 Å². The Morgan fingerprint density at radius 1 is 0.787 bits per heavy atom. The van der Waals surface area contributed by atoms with Crippen LogP contribution in [0.2, 0.25) is 0 Å². The molecule has 2 rings (SSSR count). The van der Waals surface area contributed by atoms with Crippen molar-refractivity contribution < 1.29 is 53.4 Å². The number of hydrogen-bond acceptors (Lipinski definition) is 17. The second-order valence-electron chi connectivity index (χ2n) is 18.4. The Kier molecular flexibility index (Phi) is 30.6. The zero-order valence-electron chi connectivity index (χ0n) is 42.9. The number of carboxylic acid groups (broad SMARTS) is 1. The Labute approximate surface area is 437 Å². The van der Waals surface area contributed by atoms with E-state index < -0.39 is 121 Å². The van der Waals surface area contributed by atoms with Gasteiger partial charge in [-0.15, -0.1) is 6.58 Å². The van der Waals surface area contributed by atoms with Crippen LogP contribution in [0.1, 0.15) is 102 Å². The van der Waals surface area contributed by atoms with E-state index >= 15 is 0 Å². The molecule has 2 heterocycles. The highest BCUT2D eigenvalue weighted by Crippen LogP contribution is 2.21. The summed E-state index contributed by atoms with van der Waals surface area (Å²) in [5.74, 6) is -7.87. The summed E-state index contributed by atoms with van der Waals surface area (Å²) < 4.78 is 0. The third-order valence-corrected chi connectivity index (χ3v) is 12.5. The van der Waals surface area contributed by atoms with Crippen molar-refractivity contribution in [2.24, 2.45) is 51.0 Å². The molecule has 0 spiro atoms. The number of aromatic nitrogens is 2. The van der Waals surface area contributed by atoms with Gasteiger partial charge in [-0.25, -0.2) is 4.98 Å². The van der Waals surface area contributed by atoms with Gasteiger partial charge in [-0.05, 0) is 103 Å². The van der Waals surface area contributed by atoms with Gasteiger partial charge in [0.15, 0.2) is 11.7 Å². The first-order valence-electron chi connectivity index (χ1n) is 25.5. The highest BCUT2D eigenvalue weighted by molar-refractivity contribution is 5.97. The number of rotatable bonds is 39. The van der Waals surface area contributed by atoms with Gasteiger partial charge < -0.3 is 92.1 Å². The van der Waals surface area contributed by atoms with Crippen molar-refractivity contribution in [2.45, 2.75) is 151 Å². The van der Waals surface area contributed by atoms with Crippen LogP contribution in [-0.4, -0.2) is 178 Å². The minimum absolute atomic E-state index is 0.00423. The first-order valence-corrected chi connectivity index (χ1v) is 25.5. The largest absolute Gasteiger partial charge is 0.481 e. The highest BCUT2D eigenvalue weighted by Gasteiger charge is 2.40. The van der Waals surface area contributed by atoms with E-state index in [1.54, 1.807) is 0 Å². The second-order valence-corrected chi connectivity index (χ2v) is 18.4. The fraction of sp³-hybridized carbons (Fsp3) is 0.681. The smallest absolute Gasteiger partial charge is 0.306 e. The SMILES string of the molecule is C=CC[C@H](NC(=O)[C@@H](NC(=O)[C@@H](N)CCCCN)[C@@H](O)CN)C(=O)NCC(=O)N[C@H](CCCN)C(=O)N1CCC[C@H]1C(=O)N[C@@H](Cc1cnc[nH]1)C(=O)N[C@@H](CCCCN)C(=O)CCC(CCCN=C(N)N)C(=O)O. The van der Waals surface area contributed by atoms with E-state index in [-0.39, 0.29) is 89.8 Å². The van der Waals surface area contributed by atoms with Crippen molar-refractivity contribution in [1.29, 1.82) is 0 Å². The molecule has 0 radical (unpaired) electrons. The standard InChI is InChI=1S/C47H83N17O11/c1-2-10-32(61-44(72)39(37(66)24-51)63-40(68)30(52)12-3-5-18-48)41(69)57-26-38(67)59-33(14-7-20-50)45(73)64-22-9-15-35(64)43(71)62-34(23-29-25-55-27-58-29)42(70)60-31(13-4-6-19-49)36(65)17-16-28(46(74)75)11-8-21-56-47(53)54/h2,25,27-28,30-35,37,39,66H,1,3-24,26,48-52H2,(H,55,58)(H,57,69)(H,59,67)(H,60,70)(H,61,72)(H,62,71)(H,63,68)(H,74,75)(H4,53,54,56)/t28?,30-,31-,32-,33+,34-,35-,37-,39-/m0/s1. The lowest BCUT2D eigenvalue weighted by Crippen LogP contribution is -2.61. The molecular weight excluding hydrogens is 979 g/mol. The van der Waals surface area contributed by atoms with Crippen LogP contribution in [0, 0.1) is 5.92 Å². The van der Waals surface area contributed by atoms with E-state index in [1.807, 2.05) is 0 Å². The van der Waals surface area contributed by atoms with E-state index in [1.165, 1.54) is 23.5 Å². The molecule has 0 saturated carbocycles. The van der Waals surface area contributed by atoms with E-state index in [2.05, 4.69) is 53.4 Å². The van der Waals surface area contributed by atoms with Crippen molar-refractivity contribution in [3.05, 3.63) is 30.9 Å². The van der Waals surface area contributed by atoms with Gasteiger partial charge >= 0.3 is 5.97 Å². The fourth-order valence-corrected chi connectivity index (χ4v) is 8.25. The van der Waals surface area contributed by atoms with E-state index in [4.69, 9.17) is 40.1 Å². The third kappa shape index (κ3) is 23.7. The molecule has 9 atom stereocenters. The maximum absolute atomic E-state index is 14.2. The number of Topliss-reactive ketones (excluding diaryl/α,β-unsaturated/α-hetero) is 1. The molecule has 0 aliphatic carbocycles. The van der Waals surface area contributed by atoms with Crippen molar-refractivity contribution in [3.63, 3.8) is 0 Å². The summed E-state index contributed by atoms with van der Waals surface area (Å²) in [6, 6.07) is -8.55. The van der Waals surface area contributed by atoms with Gasteiger partial charge in [0.2, 0.25) is 41.4 Å². The van der Waals surface area contributed by atoms with Gasteiger partial charge in [-0.3, -0.25) is 48.1 Å². The maximum Gasteiger partial charge on any atom is 0.306 e. The molecule has 1 aromatic rings. The number of aliphatic imine (C=N–C) groups is 1. The molecule has 75 heavy (non-hydrogen) atoms. The molecule has 422 valence electrons. The normalized spacial score (nSPS) is 16.3. The summed E-state index contributed by atoms with van der Waals surface area (Å²) in [6.07, 6.45) is 6.35. The Morgan fingerprint density at radius 3 is 2.07 bits per heavy atom. The molecule has 1 aliphatic heterocycles. The summed E-state index contributed by atoms with van der Waals surface area (Å²) in [5.41, 5.74) is 39.8. The lowest BCUT2D eigenvalue weighted by Gasteiger charge is -2.30. The monoisotopic (exact) mass is 1060 g/mol. The number of guanidine groups is 1. The number of ketones is 1. The number of carbonyl (C=O) groups is 9. The number of unbranched alkanes of at least 4 members (excludes halogenated alkanes) is 2. The molecule has 1 saturated heterocycles. The summed E-state index contributed by atoms with van der Waals surface area (Å²) in [7, 11) is 0. The van der Waals surface area contributed by atoms with Gasteiger partial charge in [-0.2, -0.15) is 0 Å². The number of imidazole rings is 1. The van der Waals surface area contributed by atoms with Crippen LogP contribution in [0.3, 0.4) is 0 Å². The quantitative estimate of drug-likeness (QED) is 0.0127. The van der Waals surface area contributed by atoms with Crippen LogP contribution >= 0.6 is 0 Å². The minimum atomic E-state index is -1.59. The Balaban J connectivity index is 2.22. The number of aliphatic hydroxyl groups is 1. The van der Waals surface area contributed by atoms with Gasteiger partial charge in [0.1, 0.15) is 30.2 Å². The van der Waals surface area contributed by atoms with Crippen LogP contribution in [-0.2, 0) is 49.6 Å². The third-order valence-electron chi connectivity index (χ3n) is 12.5. The number of nitrogens with one attached hydrogen (secondary N) is 7. The first-order chi connectivity index (χ1) is 35.8. The number of likely N-dealkylation sites (tertiary alicyclic amines) is 1. The Morgan fingerprint density at radius 2 is 1.45 bits per heavy atom. The topological polar surface area (TPSA) is 493 Å². The number of amides is 7. The number of nitrogens with zero attached hydrogens (tertiary/aromatic N) is 3. The molecule has 0 bridgehead atoms. The molecule has 1 fully saturated rings. The minimum Gasteiger partial charge on any atom is -0.481 e. The van der Waals surface area contributed by atoms with E-state index in [9.17, 15) is 53.4 Å². The summed E-state index contributed by atoms with van der Waals surface area (Å²) >= 11 is 0. The Hall–Kier alpha value is -6.59. The summed E-state index contributed by atoms with van der Waals surface area (Å²) in [5, 5.41) is 35.7. The fourth-order valence-electron chi connectivity index (χ4n) is 8.25. The van der Waals surface area contributed by atoms with Gasteiger partial charge in [0, 0.05) is 44.4 Å². The molecule has 1 aliphatic rings. The van der Waals surface area contributed by atoms with Crippen LogP contribution in [0.5, 0.6) is 0 Å². The van der Waals surface area contributed by atoms with E-state index in [0.717, 1.165) is 0 Å². The zero-order chi connectivity index (χ0) is 55.9. The maximum atomic E-state index is 14.2. The number of aliphatic carboxylic acids is 1. The molecular formula is C47H83N17O11. The number of carbonyl (C=O) groups excluding carboxylic acids is 8. The Bertz CT molecular complexity index is 2020. The number of nitrogens with two attached hydrogens (primary N) is 7. The van der Waals surface area contributed by atoms with Crippen molar-refractivity contribution in [2.75, 3.05) is 45.8 Å². The number of aromatic amines is 1. The molecule has 28 nitrogen and oxygen atoms in total. The van der Waals surface area contributed by atoms with Crippen molar-refractivity contribution >= 4 is 59.1 Å². The lowest BCUT2D eigenvalue weighted by molar-refractivity contribution is -0.143. The predicted octanol–water partition coefficient (Wildman–Crippen LogP) is -5.19. The number of hydrogen-bond donors (Lipinski definition) is 16. The van der Waals surface area contributed by atoms with E-state index in [0.29, 0.717) is 57.3 Å². The summed E-state index contributed by atoms with van der Waals surface area (Å²) in [6.45, 7) is 3.72. The molecule has 1 aromatic heterocycles.